The van der Waals surface area contributed by atoms with Crippen LogP contribution in [0.4, 0.5) is 0 Å². The maximum absolute atomic E-state index is 6.43. The zero-order chi connectivity index (χ0) is 18.9. The van der Waals surface area contributed by atoms with Gasteiger partial charge in [-0.05, 0) is 55.5 Å². The molecule has 0 aromatic heterocycles. The first-order valence-corrected chi connectivity index (χ1v) is 10.00. The van der Waals surface area contributed by atoms with Gasteiger partial charge in [-0.15, -0.1) is 0 Å². The van der Waals surface area contributed by atoms with E-state index in [0.717, 1.165) is 31.9 Å². The lowest BCUT2D eigenvalue weighted by molar-refractivity contribution is -0.0986. The first-order chi connectivity index (χ1) is 13.3. The van der Waals surface area contributed by atoms with Crippen LogP contribution >= 0.6 is 0 Å². The van der Waals surface area contributed by atoms with E-state index in [9.17, 15) is 0 Å². The lowest BCUT2D eigenvalue weighted by atomic mass is 9.97. The molecule has 0 saturated heterocycles. The molecule has 0 amide bonds. The molecule has 3 N–H and O–H groups in total. The summed E-state index contributed by atoms with van der Waals surface area (Å²) in [6.45, 7) is 2.02. The highest BCUT2D eigenvalue weighted by molar-refractivity contribution is 5.63. The van der Waals surface area contributed by atoms with Crippen molar-refractivity contribution in [2.75, 3.05) is 27.0 Å². The zero-order valence-electron chi connectivity index (χ0n) is 16.3. The zero-order valence-corrected chi connectivity index (χ0v) is 16.3. The molecule has 27 heavy (non-hydrogen) atoms. The van der Waals surface area contributed by atoms with Crippen molar-refractivity contribution >= 4 is 0 Å². The number of ether oxygens (including phenoxy) is 2. The average molecular weight is 369 g/mol. The van der Waals surface area contributed by atoms with Crippen LogP contribution in [-0.2, 0) is 15.9 Å². The summed E-state index contributed by atoms with van der Waals surface area (Å²) in [4.78, 5) is 0. The Morgan fingerprint density at radius 1 is 1.07 bits per heavy atom. The Labute approximate surface area is 163 Å². The number of nitrogens with two attached hydrogens (primary N) is 1. The molecule has 1 fully saturated rings. The number of hydrogen-bond acceptors (Lipinski definition) is 4. The highest BCUT2D eigenvalue weighted by Crippen LogP contribution is 2.28. The Kier molecular flexibility index (Phi) is 7.84. The van der Waals surface area contributed by atoms with Gasteiger partial charge in [0.1, 0.15) is 6.79 Å². The largest absolute Gasteiger partial charge is 0.355 e. The summed E-state index contributed by atoms with van der Waals surface area (Å²) in [5.41, 5.74) is 10.1. The maximum atomic E-state index is 6.43. The van der Waals surface area contributed by atoms with Gasteiger partial charge in [-0.1, -0.05) is 54.6 Å². The first kappa shape index (κ1) is 20.0. The minimum absolute atomic E-state index is 0.0256. The second-order valence-electron chi connectivity index (χ2n) is 7.46. The molecule has 3 rings (SSSR count). The van der Waals surface area contributed by atoms with Crippen LogP contribution in [0.5, 0.6) is 0 Å². The molecule has 4 nitrogen and oxygen atoms in total. The fraction of sp³-hybridized carbons (Fsp3) is 0.478. The van der Waals surface area contributed by atoms with E-state index in [1.165, 1.54) is 29.5 Å². The van der Waals surface area contributed by atoms with Crippen LogP contribution < -0.4 is 11.1 Å². The lowest BCUT2D eigenvalue weighted by Gasteiger charge is -2.24. The summed E-state index contributed by atoms with van der Waals surface area (Å²) in [5, 5.41) is 3.17. The molecule has 0 radical (unpaired) electrons. The fourth-order valence-electron chi connectivity index (χ4n) is 3.21. The Morgan fingerprint density at radius 2 is 1.85 bits per heavy atom. The molecule has 0 spiro atoms. The van der Waals surface area contributed by atoms with Gasteiger partial charge in [0.2, 0.25) is 0 Å². The van der Waals surface area contributed by atoms with Crippen LogP contribution in [0.1, 0.15) is 24.8 Å². The summed E-state index contributed by atoms with van der Waals surface area (Å²) in [6, 6.07) is 19.1. The van der Waals surface area contributed by atoms with Crippen LogP contribution in [0, 0.1) is 5.92 Å². The van der Waals surface area contributed by atoms with Crippen molar-refractivity contribution in [1.29, 1.82) is 0 Å². The lowest BCUT2D eigenvalue weighted by Crippen LogP contribution is -2.40. The fourth-order valence-corrected chi connectivity index (χ4v) is 3.21. The minimum Gasteiger partial charge on any atom is -0.355 e. The Hall–Kier alpha value is -1.72. The summed E-state index contributed by atoms with van der Waals surface area (Å²) < 4.78 is 11.7. The monoisotopic (exact) mass is 368 g/mol. The Bertz CT molecular complexity index is 673. The number of nitrogens with one attached hydrogen (secondary N) is 1. The third-order valence-electron chi connectivity index (χ3n) is 5.09. The van der Waals surface area contributed by atoms with Crippen molar-refractivity contribution in [3.05, 3.63) is 60.2 Å². The highest BCUT2D eigenvalue weighted by atomic mass is 16.7. The topological polar surface area (TPSA) is 56.5 Å². The van der Waals surface area contributed by atoms with Gasteiger partial charge < -0.3 is 20.5 Å². The number of hydrogen-bond donors (Lipinski definition) is 2. The van der Waals surface area contributed by atoms with Crippen LogP contribution in [0.15, 0.2) is 54.6 Å². The molecule has 2 unspecified atom stereocenters. The summed E-state index contributed by atoms with van der Waals surface area (Å²) in [7, 11) is 1.95. The molecule has 2 atom stereocenters. The highest BCUT2D eigenvalue weighted by Gasteiger charge is 2.22. The van der Waals surface area contributed by atoms with Gasteiger partial charge >= 0.3 is 0 Å². The molecular weight excluding hydrogens is 336 g/mol. The van der Waals surface area contributed by atoms with E-state index < -0.39 is 0 Å². The Morgan fingerprint density at radius 3 is 2.59 bits per heavy atom. The standard InChI is InChI=1S/C23H32N2O2/c1-25-13-12-22(24)23(27-17-26-16-18-10-11-18)15-19-6-5-9-21(14-19)20-7-3-2-4-8-20/h2-9,14,18,22-23,25H,10-13,15-17,24H2,1H3. The predicted molar refractivity (Wildman–Crippen MR) is 111 cm³/mol. The molecule has 0 aliphatic heterocycles. The summed E-state index contributed by atoms with van der Waals surface area (Å²) in [5.74, 6) is 0.743. The van der Waals surface area contributed by atoms with Crippen molar-refractivity contribution in [2.24, 2.45) is 11.7 Å². The quantitative estimate of drug-likeness (QED) is 0.444. The van der Waals surface area contributed by atoms with Crippen molar-refractivity contribution in [3.63, 3.8) is 0 Å². The van der Waals surface area contributed by atoms with Gasteiger partial charge in [0.15, 0.2) is 0 Å². The van der Waals surface area contributed by atoms with Crippen LogP contribution in [0.2, 0.25) is 0 Å². The molecule has 1 aliphatic carbocycles. The van der Waals surface area contributed by atoms with Gasteiger partial charge in [0.25, 0.3) is 0 Å². The van der Waals surface area contributed by atoms with Crippen LogP contribution in [0.3, 0.4) is 0 Å². The molecule has 2 aromatic carbocycles. The molecule has 2 aromatic rings. The second-order valence-corrected chi connectivity index (χ2v) is 7.46. The molecular formula is C23H32N2O2. The second kappa shape index (κ2) is 10.6. The van der Waals surface area contributed by atoms with Crippen LogP contribution in [-0.4, -0.2) is 39.1 Å². The smallest absolute Gasteiger partial charge is 0.147 e. The molecule has 0 bridgehead atoms. The van der Waals surface area contributed by atoms with Crippen molar-refractivity contribution in [2.45, 2.75) is 37.8 Å². The minimum atomic E-state index is -0.0522. The van der Waals surface area contributed by atoms with Crippen molar-refractivity contribution < 1.29 is 9.47 Å². The van der Waals surface area contributed by atoms with Gasteiger partial charge in [0.05, 0.1) is 12.7 Å². The summed E-state index contributed by atoms with van der Waals surface area (Å²) >= 11 is 0. The first-order valence-electron chi connectivity index (χ1n) is 10.00. The maximum Gasteiger partial charge on any atom is 0.147 e. The third kappa shape index (κ3) is 6.74. The van der Waals surface area contributed by atoms with E-state index in [0.29, 0.717) is 6.79 Å². The van der Waals surface area contributed by atoms with Gasteiger partial charge in [-0.3, -0.25) is 0 Å². The number of rotatable bonds is 12. The van der Waals surface area contributed by atoms with Crippen molar-refractivity contribution in [3.8, 4) is 11.1 Å². The van der Waals surface area contributed by atoms with Gasteiger partial charge in [-0.25, -0.2) is 0 Å². The van der Waals surface area contributed by atoms with E-state index in [-0.39, 0.29) is 12.1 Å². The van der Waals surface area contributed by atoms with Gasteiger partial charge in [-0.2, -0.15) is 0 Å². The molecule has 1 aliphatic rings. The van der Waals surface area contributed by atoms with E-state index in [2.05, 4.69) is 53.8 Å². The molecule has 146 valence electrons. The van der Waals surface area contributed by atoms with Gasteiger partial charge in [0, 0.05) is 12.5 Å². The van der Waals surface area contributed by atoms with E-state index in [1.54, 1.807) is 0 Å². The predicted octanol–water partition coefficient (Wildman–Crippen LogP) is 3.60. The van der Waals surface area contributed by atoms with E-state index >= 15 is 0 Å². The SMILES string of the molecule is CNCCC(N)C(Cc1cccc(-c2ccccc2)c1)OCOCC1CC1. The van der Waals surface area contributed by atoms with E-state index in [4.69, 9.17) is 15.2 Å². The normalized spacial score (nSPS) is 16.2. The van der Waals surface area contributed by atoms with E-state index in [1.807, 2.05) is 13.1 Å². The molecule has 1 saturated carbocycles. The van der Waals surface area contributed by atoms with Crippen molar-refractivity contribution in [1.82, 2.24) is 5.32 Å². The molecule has 0 heterocycles. The average Bonchev–Trinajstić information content (AvgIpc) is 3.54. The third-order valence-corrected chi connectivity index (χ3v) is 5.09. The number of benzene rings is 2. The van der Waals surface area contributed by atoms with Crippen LogP contribution in [0.25, 0.3) is 11.1 Å². The Balaban J connectivity index is 1.62. The molecule has 4 heteroatoms. The summed E-state index contributed by atoms with van der Waals surface area (Å²) in [6.07, 6.45) is 4.19.